The summed E-state index contributed by atoms with van der Waals surface area (Å²) in [6, 6.07) is 14.8. The first kappa shape index (κ1) is 27.3. The molecule has 6 nitrogen and oxygen atoms in total. The Morgan fingerprint density at radius 2 is 1.92 bits per heavy atom. The number of nitrogens with zero attached hydrogens (tertiary/aromatic N) is 2. The highest BCUT2D eigenvalue weighted by Crippen LogP contribution is 2.34. The van der Waals surface area contributed by atoms with Crippen LogP contribution in [0.3, 0.4) is 0 Å². The molecule has 1 aromatic heterocycles. The fraction of sp³-hybridized carbons (Fsp3) is 0.400. The molecule has 2 aliphatic heterocycles. The Kier molecular flexibility index (Phi) is 8.02. The summed E-state index contributed by atoms with van der Waals surface area (Å²) in [5.74, 6) is 0.0879. The second kappa shape index (κ2) is 11.5. The third-order valence-electron chi connectivity index (χ3n) is 7.80. The Bertz CT molecular complexity index is 1310. The second-order valence-corrected chi connectivity index (χ2v) is 10.4. The van der Waals surface area contributed by atoms with Crippen molar-refractivity contribution in [3.63, 3.8) is 0 Å². The monoisotopic (exact) mass is 538 g/mol. The Balaban J connectivity index is 1.26. The number of nitrogens with two attached hydrogens (primary N) is 1. The first-order valence-corrected chi connectivity index (χ1v) is 13.3. The van der Waals surface area contributed by atoms with Crippen LogP contribution in [0.15, 0.2) is 60.8 Å². The van der Waals surface area contributed by atoms with Gasteiger partial charge in [-0.3, -0.25) is 14.7 Å². The number of carbonyl (C=O) groups excluding carboxylic acids is 1. The standard InChI is InChI=1S/C30H33F3N4O2/c1-19(20-4-6-21(7-5-20)27-14-25(30(31,32)33)9-8-23(27)15-34)36-29(38)28-13-22(10-11-35-28)24-3-2-12-37(16-24)26-17-39-18-26/h4-11,13-14,19,24,26H,2-3,12,15-18,34H2,1H3,(H,36,38)/t19-,24?/m1/s1. The molecule has 5 rings (SSSR count). The molecule has 9 heteroatoms. The van der Waals surface area contributed by atoms with Gasteiger partial charge in [0, 0.05) is 19.3 Å². The highest BCUT2D eigenvalue weighted by molar-refractivity contribution is 5.92. The Morgan fingerprint density at radius 1 is 1.15 bits per heavy atom. The normalized spacial score (nSPS) is 19.4. The molecule has 2 atom stereocenters. The fourth-order valence-corrected chi connectivity index (χ4v) is 5.37. The van der Waals surface area contributed by atoms with Crippen LogP contribution < -0.4 is 11.1 Å². The van der Waals surface area contributed by atoms with Crippen LogP contribution in [0.25, 0.3) is 11.1 Å². The van der Waals surface area contributed by atoms with Crippen LogP contribution in [0.1, 0.15) is 64.5 Å². The summed E-state index contributed by atoms with van der Waals surface area (Å²) in [5.41, 5.74) is 9.09. The third kappa shape index (κ3) is 6.16. The Labute approximate surface area is 226 Å². The number of amides is 1. The molecule has 0 saturated carbocycles. The van der Waals surface area contributed by atoms with E-state index in [1.54, 1.807) is 18.3 Å². The SMILES string of the molecule is C[C@@H](NC(=O)c1cc(C2CCCN(C3COC3)C2)ccn1)c1ccc(-c2cc(C(F)(F)F)ccc2CN)cc1. The number of hydrogen-bond donors (Lipinski definition) is 2. The van der Waals surface area contributed by atoms with Gasteiger partial charge in [0.25, 0.3) is 5.91 Å². The van der Waals surface area contributed by atoms with Gasteiger partial charge in [-0.1, -0.05) is 30.3 Å². The predicted molar refractivity (Wildman–Crippen MR) is 143 cm³/mol. The summed E-state index contributed by atoms with van der Waals surface area (Å²) >= 11 is 0. The van der Waals surface area contributed by atoms with Gasteiger partial charge >= 0.3 is 6.18 Å². The van der Waals surface area contributed by atoms with Crippen molar-refractivity contribution in [3.05, 3.63) is 88.7 Å². The molecule has 0 bridgehead atoms. The van der Waals surface area contributed by atoms with Gasteiger partial charge in [0.15, 0.2) is 0 Å². The van der Waals surface area contributed by atoms with Gasteiger partial charge in [-0.15, -0.1) is 0 Å². The maximum Gasteiger partial charge on any atom is 0.416 e. The van der Waals surface area contributed by atoms with Crippen molar-refractivity contribution in [2.75, 3.05) is 26.3 Å². The Morgan fingerprint density at radius 3 is 2.59 bits per heavy atom. The summed E-state index contributed by atoms with van der Waals surface area (Å²) in [6.45, 7) is 5.63. The molecule has 1 amide bonds. The molecule has 1 unspecified atom stereocenters. The lowest BCUT2D eigenvalue weighted by molar-refractivity contribution is -0.137. The molecule has 3 N–H and O–H groups in total. The maximum absolute atomic E-state index is 13.3. The third-order valence-corrected chi connectivity index (χ3v) is 7.80. The van der Waals surface area contributed by atoms with Crippen molar-refractivity contribution >= 4 is 5.91 Å². The molecule has 2 fully saturated rings. The highest BCUT2D eigenvalue weighted by atomic mass is 19.4. The summed E-state index contributed by atoms with van der Waals surface area (Å²) < 4.78 is 45.2. The average molecular weight is 539 g/mol. The minimum atomic E-state index is -4.44. The molecular formula is C30H33F3N4O2. The fourth-order valence-electron chi connectivity index (χ4n) is 5.37. The van der Waals surface area contributed by atoms with E-state index in [1.807, 2.05) is 31.2 Å². The van der Waals surface area contributed by atoms with Crippen LogP contribution >= 0.6 is 0 Å². The van der Waals surface area contributed by atoms with E-state index in [0.717, 1.165) is 62.4 Å². The van der Waals surface area contributed by atoms with Crippen molar-refractivity contribution in [2.45, 2.75) is 50.5 Å². The number of hydrogen-bond acceptors (Lipinski definition) is 5. The zero-order chi connectivity index (χ0) is 27.6. The number of piperidine rings is 1. The molecule has 0 spiro atoms. The van der Waals surface area contributed by atoms with E-state index in [4.69, 9.17) is 10.5 Å². The van der Waals surface area contributed by atoms with Gasteiger partial charge in [0.1, 0.15) is 5.69 Å². The van der Waals surface area contributed by atoms with Gasteiger partial charge < -0.3 is 15.8 Å². The number of alkyl halides is 3. The molecule has 39 heavy (non-hydrogen) atoms. The number of rotatable bonds is 7. The van der Waals surface area contributed by atoms with Crippen LogP contribution in [-0.2, 0) is 17.5 Å². The van der Waals surface area contributed by atoms with E-state index < -0.39 is 11.7 Å². The first-order valence-electron chi connectivity index (χ1n) is 13.3. The lowest BCUT2D eigenvalue weighted by Crippen LogP contribution is -2.52. The van der Waals surface area contributed by atoms with Crippen LogP contribution in [0, 0.1) is 0 Å². The van der Waals surface area contributed by atoms with Crippen molar-refractivity contribution in [1.29, 1.82) is 0 Å². The van der Waals surface area contributed by atoms with Crippen LogP contribution in [0.2, 0.25) is 0 Å². The van der Waals surface area contributed by atoms with Gasteiger partial charge in [0.05, 0.1) is 30.9 Å². The quantitative estimate of drug-likeness (QED) is 0.427. The van der Waals surface area contributed by atoms with Gasteiger partial charge in [-0.05, 0) is 84.3 Å². The molecule has 3 aromatic rings. The number of benzene rings is 2. The number of nitrogens with one attached hydrogen (secondary N) is 1. The zero-order valence-electron chi connectivity index (χ0n) is 21.9. The van der Waals surface area contributed by atoms with Gasteiger partial charge in [-0.2, -0.15) is 13.2 Å². The van der Waals surface area contributed by atoms with Crippen LogP contribution in [-0.4, -0.2) is 48.1 Å². The number of ether oxygens (including phenoxy) is 1. The molecule has 2 aliphatic rings. The summed E-state index contributed by atoms with van der Waals surface area (Å²) in [7, 11) is 0. The maximum atomic E-state index is 13.3. The minimum absolute atomic E-state index is 0.127. The van der Waals surface area contributed by atoms with Crippen molar-refractivity contribution < 1.29 is 22.7 Å². The molecule has 2 aromatic carbocycles. The molecule has 0 radical (unpaired) electrons. The number of likely N-dealkylation sites (tertiary alicyclic amines) is 1. The smallest absolute Gasteiger partial charge is 0.378 e. The lowest BCUT2D eigenvalue weighted by atomic mass is 9.89. The van der Waals surface area contributed by atoms with E-state index in [2.05, 4.69) is 15.2 Å². The number of aromatic nitrogens is 1. The average Bonchev–Trinajstić information content (AvgIpc) is 2.91. The summed E-state index contributed by atoms with van der Waals surface area (Å²) in [4.78, 5) is 19.9. The largest absolute Gasteiger partial charge is 0.416 e. The van der Waals surface area contributed by atoms with Crippen LogP contribution in [0.4, 0.5) is 13.2 Å². The minimum Gasteiger partial charge on any atom is -0.378 e. The number of halogens is 3. The van der Waals surface area contributed by atoms with E-state index in [0.29, 0.717) is 34.3 Å². The molecular weight excluding hydrogens is 505 g/mol. The van der Waals surface area contributed by atoms with Crippen molar-refractivity contribution in [3.8, 4) is 11.1 Å². The number of pyridine rings is 1. The first-order chi connectivity index (χ1) is 18.7. The second-order valence-electron chi connectivity index (χ2n) is 10.4. The van der Waals surface area contributed by atoms with E-state index >= 15 is 0 Å². The van der Waals surface area contributed by atoms with Crippen LogP contribution in [0.5, 0.6) is 0 Å². The predicted octanol–water partition coefficient (Wildman–Crippen LogP) is 5.30. The van der Waals surface area contributed by atoms with Gasteiger partial charge in [-0.25, -0.2) is 0 Å². The number of carbonyl (C=O) groups is 1. The summed E-state index contributed by atoms with van der Waals surface area (Å²) in [5, 5.41) is 3.00. The lowest BCUT2D eigenvalue weighted by Gasteiger charge is -2.42. The molecule has 0 aliphatic carbocycles. The van der Waals surface area contributed by atoms with E-state index in [-0.39, 0.29) is 18.5 Å². The van der Waals surface area contributed by atoms with Crippen molar-refractivity contribution in [1.82, 2.24) is 15.2 Å². The van der Waals surface area contributed by atoms with Gasteiger partial charge in [0.2, 0.25) is 0 Å². The Hall–Kier alpha value is -3.27. The van der Waals surface area contributed by atoms with Crippen molar-refractivity contribution in [2.24, 2.45) is 5.73 Å². The zero-order valence-corrected chi connectivity index (χ0v) is 21.9. The summed E-state index contributed by atoms with van der Waals surface area (Å²) in [6.07, 6.45) is -0.548. The molecule has 206 valence electrons. The van der Waals surface area contributed by atoms with E-state index in [1.165, 1.54) is 6.07 Å². The van der Waals surface area contributed by atoms with E-state index in [9.17, 15) is 18.0 Å². The molecule has 3 heterocycles. The topological polar surface area (TPSA) is 80.5 Å². The highest BCUT2D eigenvalue weighted by Gasteiger charge is 2.32. The molecule has 2 saturated heterocycles.